The van der Waals surface area contributed by atoms with Gasteiger partial charge >= 0.3 is 0 Å². The number of methoxy groups -OCH3 is 1. The highest BCUT2D eigenvalue weighted by atomic mass is 32.2. The van der Waals surface area contributed by atoms with Crippen molar-refractivity contribution in [1.82, 2.24) is 0 Å². The first-order valence-corrected chi connectivity index (χ1v) is 6.78. The zero-order valence-corrected chi connectivity index (χ0v) is 11.8. The molecule has 108 valence electrons. The molecule has 0 saturated heterocycles. The Bertz CT molecular complexity index is 437. The van der Waals surface area contributed by atoms with Crippen LogP contribution in [0.1, 0.15) is 19.4 Å². The summed E-state index contributed by atoms with van der Waals surface area (Å²) >= 11 is -2.08. The zero-order valence-electron chi connectivity index (χ0n) is 11.0. The molecule has 0 aliphatic carbocycles. The highest BCUT2D eigenvalue weighted by Gasteiger charge is 2.15. The lowest BCUT2D eigenvalue weighted by atomic mass is 10.2. The molecular weight excluding hydrogens is 274 g/mol. The Hall–Kier alpha value is -1.51. The minimum Gasteiger partial charge on any atom is -0.497 e. The van der Waals surface area contributed by atoms with E-state index >= 15 is 0 Å². The molecule has 0 saturated carbocycles. The quantitative estimate of drug-likeness (QED) is 0.490. The molecule has 0 spiro atoms. The third-order valence-electron chi connectivity index (χ3n) is 1.93. The normalized spacial score (nSPS) is 11.2. The Kier molecular flexibility index (Phi) is 8.68. The van der Waals surface area contributed by atoms with E-state index in [0.717, 1.165) is 0 Å². The fraction of sp³-hybridized carbons (Fsp3) is 0.455. The highest BCUT2D eigenvalue weighted by Crippen LogP contribution is 2.25. The van der Waals surface area contributed by atoms with Gasteiger partial charge in [-0.3, -0.25) is 10.1 Å². The molecule has 0 radical (unpaired) electrons. The van der Waals surface area contributed by atoms with Crippen molar-refractivity contribution in [3.05, 3.63) is 33.9 Å². The molecule has 7 nitrogen and oxygen atoms in total. The van der Waals surface area contributed by atoms with Gasteiger partial charge in [-0.15, -0.1) is 0 Å². The molecule has 1 aromatic rings. The smallest absolute Gasteiger partial charge is 0.278 e. The lowest BCUT2D eigenvalue weighted by Gasteiger charge is -2.05. The molecule has 0 fully saturated rings. The van der Waals surface area contributed by atoms with Gasteiger partial charge in [-0.25, -0.2) is 4.21 Å². The van der Waals surface area contributed by atoms with Crippen LogP contribution < -0.4 is 4.74 Å². The lowest BCUT2D eigenvalue weighted by Crippen LogP contribution is -2.03. The van der Waals surface area contributed by atoms with E-state index < -0.39 is 16.0 Å². The monoisotopic (exact) mass is 291 g/mol. The molecule has 1 rings (SSSR count). The second-order valence-electron chi connectivity index (χ2n) is 3.04. The van der Waals surface area contributed by atoms with Crippen molar-refractivity contribution >= 4 is 16.8 Å². The van der Waals surface area contributed by atoms with Crippen molar-refractivity contribution in [1.29, 1.82) is 0 Å². The van der Waals surface area contributed by atoms with Gasteiger partial charge in [0.2, 0.25) is 0 Å². The SMILES string of the molecule is CC.COc1ccc(COCS(=O)O)c([N+](=O)[O-])c1. The minimum atomic E-state index is -2.08. The van der Waals surface area contributed by atoms with E-state index in [1.54, 1.807) is 6.07 Å². The van der Waals surface area contributed by atoms with Crippen molar-refractivity contribution in [3.63, 3.8) is 0 Å². The first-order valence-electron chi connectivity index (χ1n) is 5.51. The van der Waals surface area contributed by atoms with E-state index in [1.165, 1.54) is 19.2 Å². The van der Waals surface area contributed by atoms with Gasteiger partial charge in [0.15, 0.2) is 11.1 Å². The number of hydrogen-bond acceptors (Lipinski definition) is 5. The molecule has 1 aromatic carbocycles. The van der Waals surface area contributed by atoms with Crippen LogP contribution >= 0.6 is 0 Å². The average Bonchev–Trinajstić information content (AvgIpc) is 2.40. The third kappa shape index (κ3) is 6.27. The molecule has 0 bridgehead atoms. The molecule has 1 atom stereocenters. The minimum absolute atomic E-state index is 0.105. The van der Waals surface area contributed by atoms with E-state index in [1.807, 2.05) is 13.8 Å². The summed E-state index contributed by atoms with van der Waals surface area (Å²) < 4.78 is 28.5. The molecule has 1 N–H and O–H groups in total. The van der Waals surface area contributed by atoms with E-state index in [-0.39, 0.29) is 18.2 Å². The molecule has 1 unspecified atom stereocenters. The van der Waals surface area contributed by atoms with Crippen LogP contribution in [0.4, 0.5) is 5.69 Å². The van der Waals surface area contributed by atoms with Crippen LogP contribution in [0.25, 0.3) is 0 Å². The Morgan fingerprint density at radius 2 is 2.05 bits per heavy atom. The Labute approximate surface area is 114 Å². The molecule has 0 heterocycles. The summed E-state index contributed by atoms with van der Waals surface area (Å²) in [7, 11) is 1.41. The Morgan fingerprint density at radius 1 is 1.42 bits per heavy atom. The summed E-state index contributed by atoms with van der Waals surface area (Å²) in [5.74, 6) is -0.0189. The summed E-state index contributed by atoms with van der Waals surface area (Å²) in [6, 6.07) is 4.31. The van der Waals surface area contributed by atoms with Gasteiger partial charge in [0, 0.05) is 0 Å². The zero-order chi connectivity index (χ0) is 14.8. The molecule has 0 aliphatic heterocycles. The van der Waals surface area contributed by atoms with Crippen LogP contribution in [0.2, 0.25) is 0 Å². The summed E-state index contributed by atoms with van der Waals surface area (Å²) in [6.07, 6.45) is 0. The van der Waals surface area contributed by atoms with Crippen molar-refractivity contribution < 1.29 is 23.2 Å². The molecule has 0 amide bonds. The van der Waals surface area contributed by atoms with E-state index in [4.69, 9.17) is 14.0 Å². The number of ether oxygens (including phenoxy) is 2. The molecule has 19 heavy (non-hydrogen) atoms. The van der Waals surface area contributed by atoms with Crippen LogP contribution in [-0.2, 0) is 22.4 Å². The Morgan fingerprint density at radius 3 is 2.53 bits per heavy atom. The average molecular weight is 291 g/mol. The van der Waals surface area contributed by atoms with Gasteiger partial charge in [0.1, 0.15) is 11.7 Å². The van der Waals surface area contributed by atoms with Crippen LogP contribution in [0.5, 0.6) is 5.75 Å². The molecule has 0 aromatic heterocycles. The topological polar surface area (TPSA) is 98.9 Å². The summed E-state index contributed by atoms with van der Waals surface area (Å²) in [5.41, 5.74) is 0.175. The van der Waals surface area contributed by atoms with Gasteiger partial charge in [-0.2, -0.15) is 0 Å². The summed E-state index contributed by atoms with van der Waals surface area (Å²) in [4.78, 5) is 10.2. The summed E-state index contributed by atoms with van der Waals surface area (Å²) in [5, 5.41) is 10.8. The maximum absolute atomic E-state index is 10.8. The van der Waals surface area contributed by atoms with Gasteiger partial charge < -0.3 is 14.0 Å². The predicted molar refractivity (Wildman–Crippen MR) is 71.4 cm³/mol. The maximum atomic E-state index is 10.8. The van der Waals surface area contributed by atoms with Gasteiger partial charge in [-0.05, 0) is 12.1 Å². The predicted octanol–water partition coefficient (Wildman–Crippen LogP) is 2.33. The largest absolute Gasteiger partial charge is 0.497 e. The fourth-order valence-corrected chi connectivity index (χ4v) is 1.41. The van der Waals surface area contributed by atoms with Crippen LogP contribution in [0, 0.1) is 10.1 Å². The highest BCUT2D eigenvalue weighted by molar-refractivity contribution is 7.79. The van der Waals surface area contributed by atoms with Crippen LogP contribution in [-0.4, -0.2) is 26.7 Å². The van der Waals surface area contributed by atoms with Gasteiger partial charge in [-0.1, -0.05) is 13.8 Å². The molecule has 8 heteroatoms. The number of hydrogen-bond donors (Lipinski definition) is 1. The molecule has 0 aliphatic rings. The fourth-order valence-electron chi connectivity index (χ4n) is 1.19. The van der Waals surface area contributed by atoms with Crippen molar-refractivity contribution in [2.24, 2.45) is 0 Å². The van der Waals surface area contributed by atoms with E-state index in [0.29, 0.717) is 11.3 Å². The number of nitro benzene ring substituents is 1. The van der Waals surface area contributed by atoms with E-state index in [2.05, 4.69) is 0 Å². The third-order valence-corrected chi connectivity index (χ3v) is 2.30. The van der Waals surface area contributed by atoms with Gasteiger partial charge in [0.25, 0.3) is 5.69 Å². The lowest BCUT2D eigenvalue weighted by molar-refractivity contribution is -0.386. The number of nitro groups is 1. The summed E-state index contributed by atoms with van der Waals surface area (Å²) in [6.45, 7) is 3.90. The Balaban J connectivity index is 0.00000154. The second-order valence-corrected chi connectivity index (χ2v) is 3.92. The standard InChI is InChI=1S/C9H11NO6S.C2H6/c1-15-8-3-2-7(5-16-6-17(13)14)9(4-8)10(11)12;1-2/h2-4H,5-6H2,1H3,(H,13,14);1-2H3. The van der Waals surface area contributed by atoms with Crippen molar-refractivity contribution in [2.45, 2.75) is 20.5 Å². The maximum Gasteiger partial charge on any atom is 0.278 e. The van der Waals surface area contributed by atoms with Crippen molar-refractivity contribution in [3.8, 4) is 5.75 Å². The van der Waals surface area contributed by atoms with Crippen molar-refractivity contribution in [2.75, 3.05) is 13.0 Å². The van der Waals surface area contributed by atoms with E-state index in [9.17, 15) is 14.3 Å². The number of benzene rings is 1. The van der Waals surface area contributed by atoms with Crippen LogP contribution in [0.15, 0.2) is 18.2 Å². The van der Waals surface area contributed by atoms with Gasteiger partial charge in [0.05, 0.1) is 30.3 Å². The first kappa shape index (κ1) is 17.5. The number of nitrogens with zero attached hydrogens (tertiary/aromatic N) is 1. The molecular formula is C11H17NO6S. The first-order chi connectivity index (χ1) is 9.04. The number of rotatable bonds is 6. The van der Waals surface area contributed by atoms with Crippen LogP contribution in [0.3, 0.4) is 0 Å². The second kappa shape index (κ2) is 9.42.